The van der Waals surface area contributed by atoms with E-state index in [4.69, 9.17) is 5.26 Å². The van der Waals surface area contributed by atoms with E-state index in [0.717, 1.165) is 0 Å². The molecular weight excluding hydrogens is 181 g/mol. The van der Waals surface area contributed by atoms with E-state index in [1.54, 1.807) is 0 Å². The van der Waals surface area contributed by atoms with Crippen molar-refractivity contribution < 1.29 is 13.2 Å². The molecular formula is C8H11F3N2. The van der Waals surface area contributed by atoms with Crippen LogP contribution in [0.2, 0.25) is 0 Å². The van der Waals surface area contributed by atoms with Crippen molar-refractivity contribution in [1.29, 1.82) is 5.26 Å². The molecule has 0 saturated carbocycles. The molecule has 13 heavy (non-hydrogen) atoms. The molecule has 1 aliphatic rings. The van der Waals surface area contributed by atoms with Crippen LogP contribution >= 0.6 is 0 Å². The van der Waals surface area contributed by atoms with Crippen LogP contribution in [0.25, 0.3) is 0 Å². The average Bonchev–Trinajstić information content (AvgIpc) is 2.33. The van der Waals surface area contributed by atoms with Gasteiger partial charge in [-0.25, -0.2) is 0 Å². The van der Waals surface area contributed by atoms with Crippen molar-refractivity contribution in [3.8, 4) is 6.07 Å². The number of alkyl halides is 3. The lowest BCUT2D eigenvalue weighted by Gasteiger charge is -2.17. The smallest absolute Gasteiger partial charge is 0.295 e. The molecule has 0 aromatic heterocycles. The highest BCUT2D eigenvalue weighted by atomic mass is 19.4. The largest absolute Gasteiger partial charge is 0.401 e. The summed E-state index contributed by atoms with van der Waals surface area (Å²) in [4.78, 5) is 1.36. The number of rotatable bonds is 2. The number of hydrogen-bond donors (Lipinski definition) is 0. The molecule has 5 heteroatoms. The Labute approximate surface area is 74.9 Å². The maximum absolute atomic E-state index is 11.9. The fourth-order valence-corrected chi connectivity index (χ4v) is 1.61. The summed E-state index contributed by atoms with van der Waals surface area (Å²) >= 11 is 0. The van der Waals surface area contributed by atoms with Gasteiger partial charge in [-0.1, -0.05) is 0 Å². The Morgan fingerprint density at radius 1 is 1.46 bits per heavy atom. The quantitative estimate of drug-likeness (QED) is 0.666. The molecule has 0 bridgehead atoms. The summed E-state index contributed by atoms with van der Waals surface area (Å²) in [5, 5.41) is 8.35. The minimum Gasteiger partial charge on any atom is -0.295 e. The van der Waals surface area contributed by atoms with Gasteiger partial charge in [0.05, 0.1) is 12.6 Å². The first-order chi connectivity index (χ1) is 6.01. The van der Waals surface area contributed by atoms with E-state index >= 15 is 0 Å². The van der Waals surface area contributed by atoms with Crippen LogP contribution in [0.5, 0.6) is 0 Å². The Hall–Kier alpha value is -0.760. The summed E-state index contributed by atoms with van der Waals surface area (Å²) in [7, 11) is 0. The van der Waals surface area contributed by atoms with E-state index in [1.807, 2.05) is 6.07 Å². The van der Waals surface area contributed by atoms with Gasteiger partial charge in [0.2, 0.25) is 0 Å². The normalized spacial score (nSPS) is 24.6. The molecule has 0 radical (unpaired) electrons. The number of nitriles is 1. The zero-order valence-electron chi connectivity index (χ0n) is 7.14. The highest BCUT2D eigenvalue weighted by Crippen LogP contribution is 2.23. The highest BCUT2D eigenvalue weighted by Gasteiger charge is 2.34. The molecule has 0 aliphatic carbocycles. The first-order valence-electron chi connectivity index (χ1n) is 4.17. The predicted octanol–water partition coefficient (Wildman–Crippen LogP) is 1.78. The van der Waals surface area contributed by atoms with E-state index in [2.05, 4.69) is 0 Å². The van der Waals surface area contributed by atoms with Gasteiger partial charge in [-0.3, -0.25) is 4.90 Å². The van der Waals surface area contributed by atoms with Crippen molar-refractivity contribution in [1.82, 2.24) is 4.90 Å². The lowest BCUT2D eigenvalue weighted by atomic mass is 10.1. The van der Waals surface area contributed by atoms with Gasteiger partial charge in [0.25, 0.3) is 0 Å². The molecule has 2 nitrogen and oxygen atoms in total. The minimum atomic E-state index is -4.11. The number of nitrogens with zero attached hydrogens (tertiary/aromatic N) is 2. The first kappa shape index (κ1) is 10.3. The highest BCUT2D eigenvalue weighted by molar-refractivity contribution is 4.84. The Balaban J connectivity index is 2.30. The van der Waals surface area contributed by atoms with Crippen LogP contribution in [-0.2, 0) is 0 Å². The first-order valence-corrected chi connectivity index (χ1v) is 4.17. The minimum absolute atomic E-state index is 0.132. The van der Waals surface area contributed by atoms with Crippen LogP contribution in [0.1, 0.15) is 12.8 Å². The maximum atomic E-state index is 11.9. The SMILES string of the molecule is N#CCC1CCN(CC(F)(F)F)C1. The van der Waals surface area contributed by atoms with E-state index in [9.17, 15) is 13.2 Å². The molecule has 1 aliphatic heterocycles. The van der Waals surface area contributed by atoms with Gasteiger partial charge < -0.3 is 0 Å². The van der Waals surface area contributed by atoms with Crippen LogP contribution in [0.15, 0.2) is 0 Å². The lowest BCUT2D eigenvalue weighted by Crippen LogP contribution is -2.32. The molecule has 1 saturated heterocycles. The fourth-order valence-electron chi connectivity index (χ4n) is 1.61. The Morgan fingerprint density at radius 3 is 2.69 bits per heavy atom. The molecule has 0 aromatic rings. The van der Waals surface area contributed by atoms with Crippen LogP contribution in [0.3, 0.4) is 0 Å². The Bertz CT molecular complexity index is 206. The van der Waals surface area contributed by atoms with Gasteiger partial charge in [0, 0.05) is 13.0 Å². The number of hydrogen-bond acceptors (Lipinski definition) is 2. The zero-order valence-corrected chi connectivity index (χ0v) is 7.14. The molecule has 1 atom stereocenters. The molecule has 1 rings (SSSR count). The molecule has 1 fully saturated rings. The van der Waals surface area contributed by atoms with Gasteiger partial charge in [0.15, 0.2) is 0 Å². The average molecular weight is 192 g/mol. The second-order valence-corrected chi connectivity index (χ2v) is 3.37. The van der Waals surface area contributed by atoms with Crippen molar-refractivity contribution in [3.63, 3.8) is 0 Å². The lowest BCUT2D eigenvalue weighted by molar-refractivity contribution is -0.143. The molecule has 1 heterocycles. The summed E-state index contributed by atoms with van der Waals surface area (Å²) in [6, 6.07) is 1.99. The van der Waals surface area contributed by atoms with Crippen LogP contribution in [0, 0.1) is 17.2 Å². The van der Waals surface area contributed by atoms with Crippen molar-refractivity contribution in [3.05, 3.63) is 0 Å². The van der Waals surface area contributed by atoms with E-state index < -0.39 is 12.7 Å². The van der Waals surface area contributed by atoms with E-state index in [0.29, 0.717) is 25.9 Å². The second-order valence-electron chi connectivity index (χ2n) is 3.37. The van der Waals surface area contributed by atoms with Crippen molar-refractivity contribution in [2.24, 2.45) is 5.92 Å². The van der Waals surface area contributed by atoms with Gasteiger partial charge in [0.1, 0.15) is 0 Å². The van der Waals surface area contributed by atoms with E-state index in [1.165, 1.54) is 4.90 Å². The summed E-state index contributed by atoms with van der Waals surface area (Å²) in [5.41, 5.74) is 0. The molecule has 74 valence electrons. The third-order valence-electron chi connectivity index (χ3n) is 2.15. The van der Waals surface area contributed by atoms with Crippen molar-refractivity contribution in [2.45, 2.75) is 19.0 Å². The van der Waals surface area contributed by atoms with Gasteiger partial charge in [-0.15, -0.1) is 0 Å². The zero-order chi connectivity index (χ0) is 9.90. The van der Waals surface area contributed by atoms with Gasteiger partial charge in [-0.05, 0) is 18.9 Å². The Kier molecular flexibility index (Phi) is 3.15. The molecule has 1 unspecified atom stereocenters. The second kappa shape index (κ2) is 3.97. The number of halogens is 3. The summed E-state index contributed by atoms with van der Waals surface area (Å²) in [6.45, 7) is 0.0356. The topological polar surface area (TPSA) is 27.0 Å². The predicted molar refractivity (Wildman–Crippen MR) is 40.8 cm³/mol. The van der Waals surface area contributed by atoms with Gasteiger partial charge in [-0.2, -0.15) is 18.4 Å². The van der Waals surface area contributed by atoms with Crippen LogP contribution in [0.4, 0.5) is 13.2 Å². The number of likely N-dealkylation sites (tertiary alicyclic amines) is 1. The van der Waals surface area contributed by atoms with Crippen LogP contribution in [-0.4, -0.2) is 30.7 Å². The van der Waals surface area contributed by atoms with E-state index in [-0.39, 0.29) is 5.92 Å². The summed E-state index contributed by atoms with van der Waals surface area (Å²) in [6.07, 6.45) is -3.03. The molecule has 0 aromatic carbocycles. The summed E-state index contributed by atoms with van der Waals surface area (Å²) < 4.78 is 35.7. The monoisotopic (exact) mass is 192 g/mol. The fraction of sp³-hybridized carbons (Fsp3) is 0.875. The van der Waals surface area contributed by atoms with Gasteiger partial charge >= 0.3 is 6.18 Å². The summed E-state index contributed by atoms with van der Waals surface area (Å²) in [5.74, 6) is 0.132. The Morgan fingerprint density at radius 2 is 2.15 bits per heavy atom. The third-order valence-corrected chi connectivity index (χ3v) is 2.15. The standard InChI is InChI=1S/C8H11F3N2/c9-8(10,11)6-13-4-2-7(5-13)1-3-12/h7H,1-2,4-6H2. The molecule has 0 amide bonds. The van der Waals surface area contributed by atoms with Crippen LogP contribution < -0.4 is 0 Å². The van der Waals surface area contributed by atoms with Crippen molar-refractivity contribution in [2.75, 3.05) is 19.6 Å². The molecule has 0 N–H and O–H groups in total. The maximum Gasteiger partial charge on any atom is 0.401 e. The van der Waals surface area contributed by atoms with Crippen molar-refractivity contribution >= 4 is 0 Å². The third kappa shape index (κ3) is 3.64. The molecule has 0 spiro atoms.